The predicted molar refractivity (Wildman–Crippen MR) is 87.4 cm³/mol. The van der Waals surface area contributed by atoms with Crippen LogP contribution in [0.1, 0.15) is 41.2 Å². The number of carbonyl (C=O) groups is 1. The van der Waals surface area contributed by atoms with Crippen molar-refractivity contribution in [3.8, 4) is 11.8 Å². The third-order valence-electron chi connectivity index (χ3n) is 3.41. The number of hydrogen-bond acceptors (Lipinski definition) is 4. The van der Waals surface area contributed by atoms with Crippen LogP contribution in [0.5, 0.6) is 0 Å². The molecule has 1 aromatic heterocycles. The average Bonchev–Trinajstić information content (AvgIpc) is 2.96. The normalized spacial score (nSPS) is 10.8. The van der Waals surface area contributed by atoms with Gasteiger partial charge in [0.1, 0.15) is 6.61 Å². The molecule has 1 heterocycles. The fourth-order valence-corrected chi connectivity index (χ4v) is 3.43. The molecule has 0 saturated heterocycles. The van der Waals surface area contributed by atoms with E-state index in [9.17, 15) is 4.79 Å². The van der Waals surface area contributed by atoms with Crippen molar-refractivity contribution < 1.29 is 9.90 Å². The zero-order chi connectivity index (χ0) is 15.0. The Balaban J connectivity index is 2.65. The fourth-order valence-electron chi connectivity index (χ4n) is 1.84. The minimum atomic E-state index is -0.164. The van der Waals surface area contributed by atoms with Crippen LogP contribution in [0.25, 0.3) is 0 Å². The summed E-state index contributed by atoms with van der Waals surface area (Å²) in [5.41, 5.74) is 0. The maximum atomic E-state index is 12.1. The molecule has 0 fully saturated rings. The van der Waals surface area contributed by atoms with Crippen molar-refractivity contribution in [1.82, 2.24) is 5.32 Å². The maximum absolute atomic E-state index is 12.1. The van der Waals surface area contributed by atoms with Gasteiger partial charge in [-0.1, -0.05) is 25.7 Å². The Labute approximate surface area is 129 Å². The van der Waals surface area contributed by atoms with Crippen molar-refractivity contribution in [2.45, 2.75) is 31.4 Å². The van der Waals surface area contributed by atoms with E-state index in [2.05, 4.69) is 37.3 Å². The summed E-state index contributed by atoms with van der Waals surface area (Å²) in [5.74, 6) is 5.34. The molecule has 1 amide bonds. The third kappa shape index (κ3) is 4.55. The summed E-state index contributed by atoms with van der Waals surface area (Å²) in [6.07, 6.45) is 4.15. The lowest BCUT2D eigenvalue weighted by Crippen LogP contribution is -2.39. The Morgan fingerprint density at radius 1 is 1.45 bits per heavy atom. The largest absolute Gasteiger partial charge is 0.384 e. The van der Waals surface area contributed by atoms with Gasteiger partial charge in [-0.25, -0.2) is 0 Å². The summed E-state index contributed by atoms with van der Waals surface area (Å²) in [6.45, 7) is 4.82. The van der Waals surface area contributed by atoms with Crippen molar-refractivity contribution in [1.29, 1.82) is 0 Å². The molecule has 2 N–H and O–H groups in total. The van der Waals surface area contributed by atoms with Crippen LogP contribution < -0.4 is 5.32 Å². The molecular weight excluding hydrogens is 290 g/mol. The lowest BCUT2D eigenvalue weighted by molar-refractivity contribution is 0.0953. The smallest absolute Gasteiger partial charge is 0.261 e. The van der Waals surface area contributed by atoms with Gasteiger partial charge in [-0.3, -0.25) is 4.79 Å². The summed E-state index contributed by atoms with van der Waals surface area (Å²) >= 11 is 3.16. The van der Waals surface area contributed by atoms with Crippen LogP contribution in [0.2, 0.25) is 0 Å². The molecule has 0 spiro atoms. The second-order valence-corrected chi connectivity index (χ2v) is 6.76. The van der Waals surface area contributed by atoms with E-state index in [1.807, 2.05) is 17.8 Å². The van der Waals surface area contributed by atoms with E-state index in [0.29, 0.717) is 11.4 Å². The van der Waals surface area contributed by atoms with Gasteiger partial charge in [0.05, 0.1) is 9.75 Å². The van der Waals surface area contributed by atoms with Crippen molar-refractivity contribution in [3.63, 3.8) is 0 Å². The highest BCUT2D eigenvalue weighted by molar-refractivity contribution is 8.00. The van der Waals surface area contributed by atoms with E-state index in [4.69, 9.17) is 5.11 Å². The molecule has 0 aliphatic carbocycles. The zero-order valence-corrected chi connectivity index (χ0v) is 13.8. The molecule has 3 nitrogen and oxygen atoms in total. The average molecular weight is 311 g/mol. The van der Waals surface area contributed by atoms with Gasteiger partial charge in [0, 0.05) is 11.3 Å². The molecule has 20 heavy (non-hydrogen) atoms. The molecule has 0 aliphatic rings. The van der Waals surface area contributed by atoms with Gasteiger partial charge in [-0.15, -0.1) is 11.3 Å². The number of thioether (sulfide) groups is 1. The lowest BCUT2D eigenvalue weighted by Gasteiger charge is -2.29. The molecule has 0 atom stereocenters. The predicted octanol–water partition coefficient (Wildman–Crippen LogP) is 2.74. The van der Waals surface area contributed by atoms with Gasteiger partial charge >= 0.3 is 0 Å². The van der Waals surface area contributed by atoms with Crippen molar-refractivity contribution in [2.75, 3.05) is 19.4 Å². The number of rotatable bonds is 6. The highest BCUT2D eigenvalue weighted by Crippen LogP contribution is 2.29. The highest BCUT2D eigenvalue weighted by atomic mass is 32.2. The number of thiophene rings is 1. The number of carbonyl (C=O) groups excluding carboxylic acids is 1. The Morgan fingerprint density at radius 2 is 2.15 bits per heavy atom. The molecule has 0 aliphatic heterocycles. The number of aliphatic hydroxyl groups is 1. The molecule has 1 rings (SSSR count). The summed E-state index contributed by atoms with van der Waals surface area (Å²) < 4.78 is 0.118. The quantitative estimate of drug-likeness (QED) is 0.794. The minimum Gasteiger partial charge on any atom is -0.384 e. The topological polar surface area (TPSA) is 49.3 Å². The molecule has 1 aromatic rings. The number of amides is 1. The van der Waals surface area contributed by atoms with Gasteiger partial charge in [0.15, 0.2) is 0 Å². The SMILES string of the molecule is CCC(CC)(CNC(=O)c1ccc(C#CCO)s1)SC. The van der Waals surface area contributed by atoms with Crippen molar-refractivity contribution in [3.05, 3.63) is 21.9 Å². The Hall–Kier alpha value is -0.960. The molecule has 5 heteroatoms. The van der Waals surface area contributed by atoms with Gasteiger partial charge in [0.25, 0.3) is 5.91 Å². The van der Waals surface area contributed by atoms with E-state index in [1.165, 1.54) is 11.3 Å². The van der Waals surface area contributed by atoms with Crippen LogP contribution in [0.4, 0.5) is 0 Å². The first-order valence-electron chi connectivity index (χ1n) is 6.63. The van der Waals surface area contributed by atoms with Crippen LogP contribution in [-0.2, 0) is 0 Å². The second kappa shape index (κ2) is 8.35. The van der Waals surface area contributed by atoms with Crippen LogP contribution in [0.3, 0.4) is 0 Å². The minimum absolute atomic E-state index is 0.0487. The second-order valence-electron chi connectivity index (χ2n) is 4.40. The van der Waals surface area contributed by atoms with Gasteiger partial charge < -0.3 is 10.4 Å². The molecule has 110 valence electrons. The van der Waals surface area contributed by atoms with E-state index in [0.717, 1.165) is 17.7 Å². The zero-order valence-electron chi connectivity index (χ0n) is 12.2. The highest BCUT2D eigenvalue weighted by Gasteiger charge is 2.25. The van der Waals surface area contributed by atoms with Crippen LogP contribution >= 0.6 is 23.1 Å². The Kier molecular flexibility index (Phi) is 7.14. The van der Waals surface area contributed by atoms with E-state index in [1.54, 1.807) is 6.07 Å². The monoisotopic (exact) mass is 311 g/mol. The molecular formula is C15H21NO2S2. The van der Waals surface area contributed by atoms with E-state index < -0.39 is 0 Å². The van der Waals surface area contributed by atoms with Gasteiger partial charge in [0.2, 0.25) is 0 Å². The van der Waals surface area contributed by atoms with E-state index in [-0.39, 0.29) is 17.3 Å². The Morgan fingerprint density at radius 3 is 2.70 bits per heavy atom. The van der Waals surface area contributed by atoms with Crippen molar-refractivity contribution >= 4 is 29.0 Å². The fraction of sp³-hybridized carbons (Fsp3) is 0.533. The molecule has 0 bridgehead atoms. The van der Waals surface area contributed by atoms with Crippen LogP contribution in [0, 0.1) is 11.8 Å². The molecule has 0 aromatic carbocycles. The summed E-state index contributed by atoms with van der Waals surface area (Å²) in [6, 6.07) is 3.59. The molecule has 0 saturated carbocycles. The van der Waals surface area contributed by atoms with Crippen LogP contribution in [-0.4, -0.2) is 35.2 Å². The first-order valence-corrected chi connectivity index (χ1v) is 8.67. The van der Waals surface area contributed by atoms with Crippen molar-refractivity contribution in [2.24, 2.45) is 0 Å². The first-order chi connectivity index (χ1) is 9.60. The number of hydrogen-bond donors (Lipinski definition) is 2. The first kappa shape index (κ1) is 17.1. The van der Waals surface area contributed by atoms with Gasteiger partial charge in [-0.05, 0) is 31.2 Å². The molecule has 0 radical (unpaired) electrons. The standard InChI is InChI=1S/C15H21NO2S2/c1-4-15(5-2,19-3)11-16-14(18)13-9-8-12(20-13)7-6-10-17/h8-9,17H,4-5,10-11H2,1-3H3,(H,16,18). The van der Waals surface area contributed by atoms with Crippen LogP contribution in [0.15, 0.2) is 12.1 Å². The van der Waals surface area contributed by atoms with E-state index >= 15 is 0 Å². The molecule has 0 unspecified atom stereocenters. The number of aliphatic hydroxyl groups excluding tert-OH is 1. The maximum Gasteiger partial charge on any atom is 0.261 e. The van der Waals surface area contributed by atoms with Gasteiger partial charge in [-0.2, -0.15) is 11.8 Å². The third-order valence-corrected chi connectivity index (χ3v) is 6.00. The summed E-state index contributed by atoms with van der Waals surface area (Å²) in [4.78, 5) is 13.6. The lowest BCUT2D eigenvalue weighted by atomic mass is 10.0. The summed E-state index contributed by atoms with van der Waals surface area (Å²) in [5, 5.41) is 11.7. The summed E-state index contributed by atoms with van der Waals surface area (Å²) in [7, 11) is 0. The Bertz CT molecular complexity index is 487. The number of nitrogens with one attached hydrogen (secondary N) is 1.